The molecule has 1 unspecified atom stereocenters. The van der Waals surface area contributed by atoms with Crippen molar-refractivity contribution in [3.63, 3.8) is 0 Å². The summed E-state index contributed by atoms with van der Waals surface area (Å²) in [6.07, 6.45) is 6.11. The highest BCUT2D eigenvalue weighted by Crippen LogP contribution is 2.12. The van der Waals surface area contributed by atoms with Gasteiger partial charge in [-0.3, -0.25) is 4.55 Å². The Hall–Kier alpha value is -1.75. The predicted octanol–water partition coefficient (Wildman–Crippen LogP) is 1.40. The first kappa shape index (κ1) is 21.3. The zero-order chi connectivity index (χ0) is 19.3. The van der Waals surface area contributed by atoms with Crippen molar-refractivity contribution < 1.29 is 30.5 Å². The molecule has 0 bridgehead atoms. The van der Waals surface area contributed by atoms with Gasteiger partial charge in [-0.15, -0.1) is 0 Å². The molecule has 0 aliphatic heterocycles. The zero-order valence-electron chi connectivity index (χ0n) is 14.2. The molecule has 0 spiro atoms. The number of rotatable bonds is 5. The zero-order valence-corrected chi connectivity index (χ0v) is 15.9. The molecule has 1 heterocycles. The highest BCUT2D eigenvalue weighted by Gasteiger charge is 2.28. The molecule has 1 aromatic heterocycles. The lowest BCUT2D eigenvalue weighted by Crippen LogP contribution is -2.42. The molecule has 1 N–H and O–H groups in total. The molecule has 25 heavy (non-hydrogen) atoms. The van der Waals surface area contributed by atoms with Crippen LogP contribution in [-0.4, -0.2) is 30.5 Å². The lowest BCUT2D eigenvalue weighted by Gasteiger charge is -2.08. The maximum atomic E-state index is 11.1. The van der Waals surface area contributed by atoms with Gasteiger partial charge in [0.25, 0.3) is 0 Å². The van der Waals surface area contributed by atoms with Gasteiger partial charge in [0.2, 0.25) is 11.7 Å². The van der Waals surface area contributed by atoms with E-state index in [9.17, 15) is 21.4 Å². The SMILES string of the molecule is CCCC([n+]1ccn(C)c1)S(=O)(=O)O.Cc1ccc(S(=O)(=O)[O-])cc1. The molecule has 0 saturated heterocycles. The summed E-state index contributed by atoms with van der Waals surface area (Å²) in [7, 11) is -6.49. The third-order valence-electron chi connectivity index (χ3n) is 3.31. The van der Waals surface area contributed by atoms with Crippen LogP contribution in [0.25, 0.3) is 0 Å². The van der Waals surface area contributed by atoms with Gasteiger partial charge >= 0.3 is 10.1 Å². The Kier molecular flexibility index (Phi) is 7.29. The number of imidazole rings is 1. The maximum absolute atomic E-state index is 11.1. The molecule has 0 fully saturated rings. The molecule has 1 atom stereocenters. The van der Waals surface area contributed by atoms with Crippen molar-refractivity contribution in [1.29, 1.82) is 0 Å². The number of nitrogens with zero attached hydrogens (tertiary/aromatic N) is 2. The van der Waals surface area contributed by atoms with Crippen molar-refractivity contribution in [1.82, 2.24) is 4.57 Å². The van der Waals surface area contributed by atoms with Gasteiger partial charge in [-0.05, 0) is 19.1 Å². The first-order valence-electron chi connectivity index (χ1n) is 7.46. The van der Waals surface area contributed by atoms with E-state index in [4.69, 9.17) is 4.55 Å². The Labute approximate surface area is 148 Å². The molecule has 10 heteroatoms. The molecule has 8 nitrogen and oxygen atoms in total. The smallest absolute Gasteiger partial charge is 0.307 e. The van der Waals surface area contributed by atoms with E-state index in [-0.39, 0.29) is 4.90 Å². The number of benzene rings is 1. The van der Waals surface area contributed by atoms with Gasteiger partial charge in [-0.1, -0.05) is 31.0 Å². The highest BCUT2D eigenvalue weighted by atomic mass is 32.2. The second-order valence-electron chi connectivity index (χ2n) is 5.55. The lowest BCUT2D eigenvalue weighted by atomic mass is 10.2. The summed E-state index contributed by atoms with van der Waals surface area (Å²) < 4.78 is 65.5. The van der Waals surface area contributed by atoms with E-state index in [1.165, 1.54) is 16.7 Å². The fourth-order valence-corrected chi connectivity index (χ4v) is 3.48. The van der Waals surface area contributed by atoms with Gasteiger partial charge in [-0.2, -0.15) is 8.42 Å². The molecular weight excluding hydrogens is 368 g/mol. The summed E-state index contributed by atoms with van der Waals surface area (Å²) in [6.45, 7) is 3.70. The highest BCUT2D eigenvalue weighted by molar-refractivity contribution is 7.86. The van der Waals surface area contributed by atoms with Gasteiger partial charge in [-0.25, -0.2) is 17.6 Å². The Bertz CT molecular complexity index is 886. The van der Waals surface area contributed by atoms with Gasteiger partial charge in [0, 0.05) is 6.42 Å². The van der Waals surface area contributed by atoms with Crippen LogP contribution in [0.5, 0.6) is 0 Å². The summed E-state index contributed by atoms with van der Waals surface area (Å²) >= 11 is 0. The van der Waals surface area contributed by atoms with E-state index >= 15 is 0 Å². The first-order valence-corrected chi connectivity index (χ1v) is 10.4. The van der Waals surface area contributed by atoms with Crippen LogP contribution in [0.4, 0.5) is 0 Å². The summed E-state index contributed by atoms with van der Waals surface area (Å²) in [6, 6.07) is 5.78. The molecule has 2 aromatic rings. The molecule has 0 amide bonds. The Morgan fingerprint density at radius 3 is 2.12 bits per heavy atom. The Morgan fingerprint density at radius 2 is 1.76 bits per heavy atom. The minimum atomic E-state index is -4.27. The van der Waals surface area contributed by atoms with Crippen LogP contribution < -0.4 is 4.57 Å². The molecule has 0 aliphatic rings. The molecule has 1 aromatic carbocycles. The number of aromatic nitrogens is 2. The van der Waals surface area contributed by atoms with Crippen LogP contribution in [0.2, 0.25) is 0 Å². The molecule has 0 radical (unpaired) electrons. The Balaban J connectivity index is 0.000000257. The lowest BCUT2D eigenvalue weighted by molar-refractivity contribution is -0.702. The third-order valence-corrected chi connectivity index (χ3v) is 5.33. The van der Waals surface area contributed by atoms with Crippen LogP contribution in [0.1, 0.15) is 30.7 Å². The predicted molar refractivity (Wildman–Crippen MR) is 90.2 cm³/mol. The molecule has 0 saturated carbocycles. The van der Waals surface area contributed by atoms with Gasteiger partial charge < -0.3 is 4.55 Å². The van der Waals surface area contributed by atoms with Crippen molar-refractivity contribution in [3.05, 3.63) is 48.5 Å². The summed E-state index contributed by atoms with van der Waals surface area (Å²) in [5.74, 6) is 0. The van der Waals surface area contributed by atoms with E-state index in [1.54, 1.807) is 42.5 Å². The average Bonchev–Trinajstić information content (AvgIpc) is 2.90. The fourth-order valence-electron chi connectivity index (χ4n) is 2.04. The second-order valence-corrected chi connectivity index (χ2v) is 8.51. The summed E-state index contributed by atoms with van der Waals surface area (Å²) in [5, 5.41) is -0.867. The van der Waals surface area contributed by atoms with E-state index in [2.05, 4.69) is 0 Å². The largest absolute Gasteiger partial charge is 0.744 e. The summed E-state index contributed by atoms with van der Waals surface area (Å²) in [4.78, 5) is -0.178. The van der Waals surface area contributed by atoms with Gasteiger partial charge in [0.1, 0.15) is 22.5 Å². The minimum Gasteiger partial charge on any atom is -0.744 e. The maximum Gasteiger partial charge on any atom is 0.307 e. The molecule has 2 rings (SSSR count). The van der Waals surface area contributed by atoms with Crippen molar-refractivity contribution in [3.8, 4) is 0 Å². The quantitative estimate of drug-likeness (QED) is 0.608. The van der Waals surface area contributed by atoms with Crippen molar-refractivity contribution in [2.45, 2.75) is 37.0 Å². The van der Waals surface area contributed by atoms with Crippen molar-refractivity contribution in [2.75, 3.05) is 0 Å². The topological polar surface area (TPSA) is 120 Å². The number of hydrogen-bond acceptors (Lipinski definition) is 5. The second kappa shape index (κ2) is 8.56. The summed E-state index contributed by atoms with van der Waals surface area (Å²) in [5.41, 5.74) is 0.928. The molecular formula is C15H22N2O6S2. The van der Waals surface area contributed by atoms with Crippen LogP contribution in [-0.2, 0) is 27.3 Å². The normalized spacial score (nSPS) is 13.0. The third kappa shape index (κ3) is 6.94. The van der Waals surface area contributed by atoms with Crippen molar-refractivity contribution in [2.24, 2.45) is 7.05 Å². The average molecular weight is 390 g/mol. The first-order chi connectivity index (χ1) is 11.4. The van der Waals surface area contributed by atoms with Gasteiger partial charge in [0.15, 0.2) is 0 Å². The van der Waals surface area contributed by atoms with Gasteiger partial charge in [0.05, 0.1) is 11.9 Å². The van der Waals surface area contributed by atoms with E-state index < -0.39 is 25.6 Å². The van der Waals surface area contributed by atoms with Crippen molar-refractivity contribution >= 4 is 20.2 Å². The van der Waals surface area contributed by atoms with E-state index in [0.29, 0.717) is 12.8 Å². The van der Waals surface area contributed by atoms with Crippen LogP contribution >= 0.6 is 0 Å². The van der Waals surface area contributed by atoms with Crippen LogP contribution in [0.15, 0.2) is 47.9 Å². The molecule has 140 valence electrons. The van der Waals surface area contributed by atoms with E-state index in [1.807, 2.05) is 13.8 Å². The number of aryl methyl sites for hydroxylation is 2. The Morgan fingerprint density at radius 1 is 1.20 bits per heavy atom. The minimum absolute atomic E-state index is 0.178. The standard InChI is InChI=1S/C8H14N2O3S.C7H8O3S/c1-3-4-8(14(11,12)13)10-6-5-9(2)7-10;1-6-2-4-7(5-3-6)11(8,9)10/h5-8H,3-4H2,1-2H3;2-5H,1H3,(H,8,9,10). The van der Waals surface area contributed by atoms with Crippen LogP contribution in [0, 0.1) is 6.92 Å². The molecule has 0 aliphatic carbocycles. The number of hydrogen-bond donors (Lipinski definition) is 1. The van der Waals surface area contributed by atoms with Crippen LogP contribution in [0.3, 0.4) is 0 Å². The fraction of sp³-hybridized carbons (Fsp3) is 0.400. The van der Waals surface area contributed by atoms with E-state index in [0.717, 1.165) is 5.56 Å². The monoisotopic (exact) mass is 390 g/mol.